The smallest absolute Gasteiger partial charge is 0.301 e. The lowest BCUT2D eigenvalue weighted by Crippen LogP contribution is -2.15. The molecule has 5 heteroatoms. The van der Waals surface area contributed by atoms with Gasteiger partial charge in [-0.1, -0.05) is 36.4 Å². The second kappa shape index (κ2) is 5.65. The number of anilines is 2. The number of halogens is 3. The summed E-state index contributed by atoms with van der Waals surface area (Å²) in [7, 11) is 0. The molecule has 0 fully saturated rings. The second-order valence-corrected chi connectivity index (χ2v) is 4.07. The fraction of sp³-hybridized carbons (Fsp3) is 0.143. The van der Waals surface area contributed by atoms with E-state index in [0.717, 1.165) is 5.69 Å². The first-order chi connectivity index (χ1) is 9.04. The zero-order chi connectivity index (χ0) is 13.7. The molecule has 0 radical (unpaired) electrons. The fourth-order valence-electron chi connectivity index (χ4n) is 1.67. The van der Waals surface area contributed by atoms with Crippen molar-refractivity contribution in [3.05, 3.63) is 60.2 Å². The van der Waals surface area contributed by atoms with Gasteiger partial charge in [0.2, 0.25) is 0 Å². The van der Waals surface area contributed by atoms with Gasteiger partial charge in [-0.3, -0.25) is 0 Å². The van der Waals surface area contributed by atoms with Crippen molar-refractivity contribution >= 4 is 11.4 Å². The van der Waals surface area contributed by atoms with E-state index in [0.29, 0.717) is 5.69 Å². The van der Waals surface area contributed by atoms with Crippen LogP contribution in [0.4, 0.5) is 24.5 Å². The number of benzene rings is 2. The first kappa shape index (κ1) is 13.3. The molecule has 0 atom stereocenters. The van der Waals surface area contributed by atoms with E-state index >= 15 is 0 Å². The Morgan fingerprint density at radius 1 is 0.789 bits per heavy atom. The van der Waals surface area contributed by atoms with E-state index in [1.807, 2.05) is 30.3 Å². The number of hydrazine groups is 1. The highest BCUT2D eigenvalue weighted by Gasteiger charge is 2.28. The molecule has 0 aliphatic carbocycles. The Kier molecular flexibility index (Phi) is 3.94. The lowest BCUT2D eigenvalue weighted by molar-refractivity contribution is -0.127. The van der Waals surface area contributed by atoms with E-state index in [2.05, 4.69) is 10.9 Å². The van der Waals surface area contributed by atoms with Gasteiger partial charge < -0.3 is 10.9 Å². The molecule has 0 bridgehead atoms. The van der Waals surface area contributed by atoms with Crippen LogP contribution < -0.4 is 10.9 Å². The van der Waals surface area contributed by atoms with Gasteiger partial charge in [0.1, 0.15) is 0 Å². The first-order valence-electron chi connectivity index (χ1n) is 5.76. The zero-order valence-corrected chi connectivity index (χ0v) is 10.0. The zero-order valence-electron chi connectivity index (χ0n) is 10.0. The maximum absolute atomic E-state index is 12.4. The van der Waals surface area contributed by atoms with Crippen molar-refractivity contribution in [2.24, 2.45) is 0 Å². The van der Waals surface area contributed by atoms with Crippen molar-refractivity contribution < 1.29 is 13.2 Å². The number of hydrogen-bond acceptors (Lipinski definition) is 2. The molecule has 0 aliphatic heterocycles. The molecular formula is C14H13F3N2. The standard InChI is InChI=1S/C14H13F3N2/c15-14(16,17)10-11-6-4-5-9-13(11)19-18-12-7-2-1-3-8-12/h1-9,18-19H,10H2. The fourth-order valence-corrected chi connectivity index (χ4v) is 1.67. The molecule has 0 unspecified atom stereocenters. The lowest BCUT2D eigenvalue weighted by atomic mass is 10.1. The third-order valence-corrected chi connectivity index (χ3v) is 2.52. The minimum atomic E-state index is -4.22. The average Bonchev–Trinajstić information content (AvgIpc) is 2.37. The van der Waals surface area contributed by atoms with Crippen molar-refractivity contribution in [2.75, 3.05) is 10.9 Å². The molecular weight excluding hydrogens is 253 g/mol. The molecule has 0 saturated carbocycles. The van der Waals surface area contributed by atoms with E-state index in [4.69, 9.17) is 0 Å². The number of nitrogens with one attached hydrogen (secondary N) is 2. The first-order valence-corrected chi connectivity index (χ1v) is 5.76. The summed E-state index contributed by atoms with van der Waals surface area (Å²) >= 11 is 0. The van der Waals surface area contributed by atoms with Gasteiger partial charge in [-0.15, -0.1) is 0 Å². The molecule has 2 N–H and O–H groups in total. The van der Waals surface area contributed by atoms with Crippen molar-refractivity contribution in [1.82, 2.24) is 0 Å². The van der Waals surface area contributed by atoms with Crippen LogP contribution in [0.1, 0.15) is 5.56 Å². The number of alkyl halides is 3. The molecule has 0 saturated heterocycles. The van der Waals surface area contributed by atoms with Crippen LogP contribution in [-0.4, -0.2) is 6.18 Å². The van der Waals surface area contributed by atoms with Crippen LogP contribution in [0, 0.1) is 0 Å². The van der Waals surface area contributed by atoms with E-state index in [1.54, 1.807) is 18.2 Å². The van der Waals surface area contributed by atoms with Crippen molar-refractivity contribution in [3.8, 4) is 0 Å². The monoisotopic (exact) mass is 266 g/mol. The van der Waals surface area contributed by atoms with Gasteiger partial charge in [0, 0.05) is 0 Å². The van der Waals surface area contributed by atoms with Crippen LogP contribution >= 0.6 is 0 Å². The summed E-state index contributed by atoms with van der Waals surface area (Å²) in [4.78, 5) is 0. The molecule has 2 aromatic rings. The van der Waals surface area contributed by atoms with Crippen molar-refractivity contribution in [3.63, 3.8) is 0 Å². The predicted octanol–water partition coefficient (Wildman–Crippen LogP) is 4.23. The maximum Gasteiger partial charge on any atom is 0.393 e. The van der Waals surface area contributed by atoms with Crippen LogP contribution in [0.3, 0.4) is 0 Å². The number of para-hydroxylation sites is 2. The normalized spacial score (nSPS) is 11.1. The number of rotatable bonds is 4. The Labute approximate surface area is 109 Å². The predicted molar refractivity (Wildman–Crippen MR) is 69.9 cm³/mol. The van der Waals surface area contributed by atoms with Gasteiger partial charge in [-0.25, -0.2) is 0 Å². The van der Waals surface area contributed by atoms with Crippen molar-refractivity contribution in [2.45, 2.75) is 12.6 Å². The van der Waals surface area contributed by atoms with Gasteiger partial charge in [0.25, 0.3) is 0 Å². The van der Waals surface area contributed by atoms with Gasteiger partial charge in [0.05, 0.1) is 17.8 Å². The third-order valence-electron chi connectivity index (χ3n) is 2.52. The van der Waals surface area contributed by atoms with Crippen LogP contribution in [0.25, 0.3) is 0 Å². The quantitative estimate of drug-likeness (QED) is 0.809. The van der Waals surface area contributed by atoms with Crippen LogP contribution in [0.2, 0.25) is 0 Å². The van der Waals surface area contributed by atoms with Gasteiger partial charge in [-0.2, -0.15) is 13.2 Å². The minimum Gasteiger partial charge on any atom is -0.301 e. The molecule has 2 rings (SSSR count). The lowest BCUT2D eigenvalue weighted by Gasteiger charge is -2.15. The summed E-state index contributed by atoms with van der Waals surface area (Å²) in [6.07, 6.45) is -5.17. The van der Waals surface area contributed by atoms with Crippen LogP contribution in [0.15, 0.2) is 54.6 Å². The Bertz CT molecular complexity index is 524. The Balaban J connectivity index is 2.08. The van der Waals surface area contributed by atoms with E-state index in [9.17, 15) is 13.2 Å². The molecule has 0 heterocycles. The Hall–Kier alpha value is -2.17. The third kappa shape index (κ3) is 4.21. The highest BCUT2D eigenvalue weighted by atomic mass is 19.4. The molecule has 0 amide bonds. The second-order valence-electron chi connectivity index (χ2n) is 4.07. The van der Waals surface area contributed by atoms with Crippen molar-refractivity contribution in [1.29, 1.82) is 0 Å². The minimum absolute atomic E-state index is 0.207. The summed E-state index contributed by atoms with van der Waals surface area (Å²) in [6, 6.07) is 15.5. The molecule has 19 heavy (non-hydrogen) atoms. The highest BCUT2D eigenvalue weighted by molar-refractivity contribution is 5.56. The van der Waals surface area contributed by atoms with E-state index in [1.165, 1.54) is 6.07 Å². The van der Waals surface area contributed by atoms with Crippen LogP contribution in [-0.2, 0) is 6.42 Å². The molecule has 2 nitrogen and oxygen atoms in total. The highest BCUT2D eigenvalue weighted by Crippen LogP contribution is 2.26. The van der Waals surface area contributed by atoms with Gasteiger partial charge in [0.15, 0.2) is 0 Å². The maximum atomic E-state index is 12.4. The largest absolute Gasteiger partial charge is 0.393 e. The molecule has 0 spiro atoms. The summed E-state index contributed by atoms with van der Waals surface area (Å²) < 4.78 is 37.3. The Morgan fingerprint density at radius 3 is 2.11 bits per heavy atom. The van der Waals surface area contributed by atoms with E-state index < -0.39 is 12.6 Å². The Morgan fingerprint density at radius 2 is 1.42 bits per heavy atom. The topological polar surface area (TPSA) is 24.1 Å². The summed E-state index contributed by atoms with van der Waals surface area (Å²) in [5, 5.41) is 0. The average molecular weight is 266 g/mol. The van der Waals surface area contributed by atoms with Crippen LogP contribution in [0.5, 0.6) is 0 Å². The molecule has 100 valence electrons. The number of hydrogen-bond donors (Lipinski definition) is 2. The molecule has 2 aromatic carbocycles. The summed E-state index contributed by atoms with van der Waals surface area (Å²) in [5.74, 6) is 0. The van der Waals surface area contributed by atoms with Gasteiger partial charge in [-0.05, 0) is 23.8 Å². The molecule has 0 aromatic heterocycles. The summed E-state index contributed by atoms with van der Waals surface area (Å²) in [5.41, 5.74) is 7.08. The summed E-state index contributed by atoms with van der Waals surface area (Å²) in [6.45, 7) is 0. The van der Waals surface area contributed by atoms with Gasteiger partial charge >= 0.3 is 6.18 Å². The van der Waals surface area contributed by atoms with E-state index in [-0.39, 0.29) is 5.56 Å². The SMILES string of the molecule is FC(F)(F)Cc1ccccc1NNc1ccccc1. The molecule has 0 aliphatic rings.